The second kappa shape index (κ2) is 136. The van der Waals surface area contributed by atoms with Crippen LogP contribution in [0.3, 0.4) is 0 Å². The standard InChI is InChI=1S/2C5H5.6CO.Cd.2Cr/c2*1-2-4-5-3-1;6*1-2;;;/h2*1-5H;;;;;;;;;/q-5;-1;;;;;;;;2*+5. The zero-order valence-corrected chi connectivity index (χ0v) is 19.3. The van der Waals surface area contributed by atoms with E-state index in [0.29, 0.717) is 0 Å². The summed E-state index contributed by atoms with van der Waals surface area (Å²) in [6.07, 6.45) is 0. The molecule has 0 atom stereocenters. The average Bonchev–Trinajstić information content (AvgIpc) is 3.43. The van der Waals surface area contributed by atoms with Gasteiger partial charge in [0.2, 0.25) is 0 Å². The van der Waals surface area contributed by atoms with Gasteiger partial charge in [0.25, 0.3) is 0 Å². The molecule has 9 heteroatoms. The van der Waals surface area contributed by atoms with Crippen LogP contribution < -0.4 is 0 Å². The van der Waals surface area contributed by atoms with Gasteiger partial charge in [0.05, 0.1) is 0 Å². The van der Waals surface area contributed by atoms with Crippen molar-refractivity contribution in [3.63, 3.8) is 0 Å². The molecule has 0 aliphatic rings. The Morgan fingerprint density at radius 1 is 0.440 bits per heavy atom. The third-order valence-electron chi connectivity index (χ3n) is 1.11. The zero-order valence-electron chi connectivity index (χ0n) is 12.7. The summed E-state index contributed by atoms with van der Waals surface area (Å²) in [7, 11) is 0. The van der Waals surface area contributed by atoms with Gasteiger partial charge in [-0.25, -0.2) is 12.1 Å². The molecule has 0 spiro atoms. The first-order chi connectivity index (χ1) is 11.0. The Morgan fingerprint density at radius 2 is 0.600 bits per heavy atom. The summed E-state index contributed by atoms with van der Waals surface area (Å²) in [4.78, 5) is 0. The molecule has 0 bridgehead atoms. The molecule has 2 aromatic carbocycles. The van der Waals surface area contributed by atoms with Crippen LogP contribution in [0.25, 0.3) is 0 Å². The Hall–Kier alpha value is -0.873. The van der Waals surface area contributed by atoms with Gasteiger partial charge in [0, 0.05) is 27.3 Å². The SMILES string of the molecule is [C-]#[O+].[C-]#[O+].[C-]#[O+].[C-]#[O+].[C-]#[O+].[C-]#[O+].[Cd].[Cr+5].[Cr+5].[cH-]1[cH-][cH-][cH-][cH-]1.c1cc[cH-]c1. The van der Waals surface area contributed by atoms with Gasteiger partial charge in [-0.1, -0.05) is 0 Å². The zero-order chi connectivity index (χ0) is 19.1. The van der Waals surface area contributed by atoms with Crippen molar-refractivity contribution in [2.75, 3.05) is 0 Å². The smallest absolute Gasteiger partial charge is 0.748 e. The summed E-state index contributed by atoms with van der Waals surface area (Å²) in [6, 6.07) is 20.0. The summed E-state index contributed by atoms with van der Waals surface area (Å²) in [5, 5.41) is 0. The minimum atomic E-state index is 0. The third-order valence-corrected chi connectivity index (χ3v) is 1.11. The van der Waals surface area contributed by atoms with Crippen molar-refractivity contribution in [3.8, 4) is 0 Å². The van der Waals surface area contributed by atoms with Crippen molar-refractivity contribution in [1.29, 1.82) is 0 Å². The molecule has 2 radical (unpaired) electrons. The van der Waals surface area contributed by atoms with E-state index in [1.165, 1.54) is 0 Å². The van der Waals surface area contributed by atoms with Crippen LogP contribution in [0.15, 0.2) is 60.7 Å². The fourth-order valence-corrected chi connectivity index (χ4v) is 0.642. The molecular weight excluding hydrogens is 505 g/mol. The first kappa shape index (κ1) is 56.4. The van der Waals surface area contributed by atoms with Crippen LogP contribution in [-0.4, -0.2) is 0 Å². The van der Waals surface area contributed by atoms with Crippen LogP contribution in [0, 0.1) is 39.9 Å². The summed E-state index contributed by atoms with van der Waals surface area (Å²) >= 11 is 0. The van der Waals surface area contributed by atoms with E-state index >= 15 is 0 Å². The summed E-state index contributed by atoms with van der Waals surface area (Å²) in [5.74, 6) is 0. The van der Waals surface area contributed by atoms with Crippen LogP contribution in [0.1, 0.15) is 0 Å². The summed E-state index contributed by atoms with van der Waals surface area (Å²) in [6.45, 7) is 27.0. The van der Waals surface area contributed by atoms with Crippen molar-refractivity contribution in [3.05, 3.63) is 101 Å². The molecule has 0 N–H and O–H groups in total. The molecule has 25 heavy (non-hydrogen) atoms. The van der Waals surface area contributed by atoms with E-state index in [-0.39, 0.29) is 62.0 Å². The molecule has 0 unspecified atom stereocenters. The first-order valence-corrected chi connectivity index (χ1v) is 4.56. The third kappa shape index (κ3) is 124. The van der Waals surface area contributed by atoms with Gasteiger partial charge >= 0.3 is 103 Å². The Labute approximate surface area is 189 Å². The number of hydrogen-bond donors (Lipinski definition) is 0. The van der Waals surface area contributed by atoms with E-state index < -0.39 is 0 Å². The van der Waals surface area contributed by atoms with E-state index in [1.807, 2.05) is 60.7 Å². The van der Waals surface area contributed by atoms with Crippen LogP contribution >= 0.6 is 0 Å². The minimum Gasteiger partial charge on any atom is -0.748 e. The maximum Gasteiger partial charge on any atom is 5.00 e. The molecule has 120 valence electrons. The van der Waals surface area contributed by atoms with Crippen LogP contribution in [0.5, 0.6) is 0 Å². The molecule has 0 aromatic heterocycles. The molecule has 6 nitrogen and oxygen atoms in total. The van der Waals surface area contributed by atoms with Crippen LogP contribution in [0.2, 0.25) is 0 Å². The van der Waals surface area contributed by atoms with E-state index in [9.17, 15) is 0 Å². The number of rotatable bonds is 0. The Morgan fingerprint density at radius 3 is 0.680 bits per heavy atom. The van der Waals surface area contributed by atoms with Gasteiger partial charge in [-0.2, -0.15) is 18.2 Å². The molecule has 0 saturated heterocycles. The van der Waals surface area contributed by atoms with Crippen LogP contribution in [-0.2, 0) is 89.9 Å². The predicted octanol–water partition coefficient (Wildman–Crippen LogP) is 2.58. The number of hydrogen-bond acceptors (Lipinski definition) is 0. The Kier molecular flexibility index (Phi) is 307. The van der Waals surface area contributed by atoms with Crippen molar-refractivity contribution in [1.82, 2.24) is 0 Å². The molecular formula is C16H10CdCr2O6+4. The second-order valence-corrected chi connectivity index (χ2v) is 1.92. The summed E-state index contributed by atoms with van der Waals surface area (Å²) < 4.78 is 45.0. The van der Waals surface area contributed by atoms with Gasteiger partial charge in [0.1, 0.15) is 0 Å². The minimum absolute atomic E-state index is 0. The van der Waals surface area contributed by atoms with Gasteiger partial charge in [-0.05, 0) is 0 Å². The normalized spacial score (nSPS) is 3.68. The molecule has 0 aliphatic heterocycles. The molecule has 0 saturated carbocycles. The molecule has 0 amide bonds. The van der Waals surface area contributed by atoms with Gasteiger partial charge < -0.3 is 30.3 Å². The van der Waals surface area contributed by atoms with E-state index in [0.717, 1.165) is 0 Å². The molecule has 0 fully saturated rings. The van der Waals surface area contributed by atoms with E-state index in [2.05, 4.69) is 39.9 Å². The molecule has 2 aromatic rings. The maximum atomic E-state index is 7.50. The van der Waals surface area contributed by atoms with Gasteiger partial charge in [0.15, 0.2) is 0 Å². The predicted molar refractivity (Wildman–Crippen MR) is 67.6 cm³/mol. The Balaban J connectivity index is -0.0000000174. The van der Waals surface area contributed by atoms with Crippen LogP contribution in [0.4, 0.5) is 0 Å². The topological polar surface area (TPSA) is 119 Å². The molecule has 0 aliphatic carbocycles. The molecule has 0 heterocycles. The molecule has 2 rings (SSSR count). The van der Waals surface area contributed by atoms with Crippen molar-refractivity contribution in [2.45, 2.75) is 0 Å². The summed E-state index contributed by atoms with van der Waals surface area (Å²) in [5.41, 5.74) is 0. The van der Waals surface area contributed by atoms with E-state index in [4.69, 9.17) is 27.9 Å². The van der Waals surface area contributed by atoms with Crippen molar-refractivity contribution < 1.29 is 89.9 Å². The fraction of sp³-hybridized carbons (Fsp3) is 0. The monoisotopic (exact) mass is 516 g/mol. The maximum absolute atomic E-state index is 7.50. The largest absolute Gasteiger partial charge is 5.00 e. The fourth-order valence-electron chi connectivity index (χ4n) is 0.642. The first-order valence-electron chi connectivity index (χ1n) is 4.56. The second-order valence-electron chi connectivity index (χ2n) is 1.92. The van der Waals surface area contributed by atoms with E-state index in [1.54, 1.807) is 0 Å². The quantitative estimate of drug-likeness (QED) is 0.292. The van der Waals surface area contributed by atoms with Gasteiger partial charge in [-0.3, -0.25) is 0 Å². The average molecular weight is 515 g/mol. The van der Waals surface area contributed by atoms with Gasteiger partial charge in [-0.15, -0.1) is 0 Å². The van der Waals surface area contributed by atoms with Crippen molar-refractivity contribution >= 4 is 0 Å². The Bertz CT molecular complexity index is 335. The van der Waals surface area contributed by atoms with Crippen molar-refractivity contribution in [2.24, 2.45) is 0 Å².